The zero-order valence-electron chi connectivity index (χ0n) is 11.0. The number of ether oxygens (including phenoxy) is 1. The number of carbonyl (C=O) groups is 1. The van der Waals surface area contributed by atoms with Crippen molar-refractivity contribution in [1.29, 1.82) is 0 Å². The third kappa shape index (κ3) is 5.50. The maximum absolute atomic E-state index is 11.4. The van der Waals surface area contributed by atoms with Gasteiger partial charge in [-0.25, -0.2) is 5.48 Å². The number of hydrogen-bond donors (Lipinski definition) is 1. The second kappa shape index (κ2) is 7.50. The first kappa shape index (κ1) is 14.3. The summed E-state index contributed by atoms with van der Waals surface area (Å²) in [6, 6.07) is 7.45. The minimum Gasteiger partial charge on any atom is -0.497 e. The van der Waals surface area contributed by atoms with Crippen LogP contribution in [0.5, 0.6) is 5.75 Å². The molecule has 4 heteroatoms. The molecule has 0 fully saturated rings. The van der Waals surface area contributed by atoms with Crippen LogP contribution >= 0.6 is 0 Å². The van der Waals surface area contributed by atoms with Crippen molar-refractivity contribution in [2.45, 2.75) is 13.8 Å². The van der Waals surface area contributed by atoms with Gasteiger partial charge in [-0.05, 0) is 29.7 Å². The first-order valence-corrected chi connectivity index (χ1v) is 5.85. The molecule has 98 valence electrons. The van der Waals surface area contributed by atoms with Gasteiger partial charge < -0.3 is 4.74 Å². The summed E-state index contributed by atoms with van der Waals surface area (Å²) in [4.78, 5) is 16.4. The molecule has 0 saturated carbocycles. The van der Waals surface area contributed by atoms with Gasteiger partial charge in [0.2, 0.25) is 0 Å². The molecular weight excluding hydrogens is 230 g/mol. The predicted octanol–water partition coefficient (Wildman–Crippen LogP) is 2.41. The van der Waals surface area contributed by atoms with Gasteiger partial charge in [-0.2, -0.15) is 0 Å². The molecule has 1 N–H and O–H groups in total. The molecule has 0 atom stereocenters. The van der Waals surface area contributed by atoms with Crippen LogP contribution in [0.25, 0.3) is 6.08 Å². The zero-order chi connectivity index (χ0) is 13.4. The van der Waals surface area contributed by atoms with E-state index in [1.165, 1.54) is 6.08 Å². The molecule has 0 radical (unpaired) electrons. The van der Waals surface area contributed by atoms with Gasteiger partial charge in [-0.1, -0.05) is 26.0 Å². The van der Waals surface area contributed by atoms with E-state index in [1.54, 1.807) is 13.2 Å². The fourth-order valence-electron chi connectivity index (χ4n) is 1.23. The van der Waals surface area contributed by atoms with Gasteiger partial charge in [0.25, 0.3) is 5.91 Å². The standard InChI is InChI=1S/C14H19NO3/c1-11(2)10-18-15-14(16)8-7-12-5-4-6-13(9-12)17-3/h4-9,11H,10H2,1-3H3,(H,15,16)/b8-7+. The van der Waals surface area contributed by atoms with Crippen LogP contribution in [0.3, 0.4) is 0 Å². The molecule has 0 aromatic heterocycles. The molecule has 0 spiro atoms. The monoisotopic (exact) mass is 249 g/mol. The second-order valence-electron chi connectivity index (χ2n) is 4.28. The van der Waals surface area contributed by atoms with Gasteiger partial charge >= 0.3 is 0 Å². The summed E-state index contributed by atoms with van der Waals surface area (Å²) in [5, 5.41) is 0. The molecule has 0 aliphatic carbocycles. The topological polar surface area (TPSA) is 47.6 Å². The average molecular weight is 249 g/mol. The van der Waals surface area contributed by atoms with E-state index < -0.39 is 0 Å². The van der Waals surface area contributed by atoms with Crippen molar-refractivity contribution in [3.8, 4) is 5.75 Å². The summed E-state index contributed by atoms with van der Waals surface area (Å²) in [6.07, 6.45) is 3.13. The number of nitrogens with one attached hydrogen (secondary N) is 1. The van der Waals surface area contributed by atoms with Crippen LogP contribution in [0.1, 0.15) is 19.4 Å². The van der Waals surface area contributed by atoms with E-state index in [4.69, 9.17) is 9.57 Å². The van der Waals surface area contributed by atoms with Gasteiger partial charge in [-0.3, -0.25) is 9.63 Å². The summed E-state index contributed by atoms with van der Waals surface area (Å²) >= 11 is 0. The summed E-state index contributed by atoms with van der Waals surface area (Å²) in [6.45, 7) is 4.52. The highest BCUT2D eigenvalue weighted by molar-refractivity contribution is 5.90. The van der Waals surface area contributed by atoms with Crippen LogP contribution in [-0.2, 0) is 9.63 Å². The highest BCUT2D eigenvalue weighted by atomic mass is 16.6. The van der Waals surface area contributed by atoms with Crippen molar-refractivity contribution < 1.29 is 14.4 Å². The Morgan fingerprint density at radius 2 is 2.22 bits per heavy atom. The third-order valence-corrected chi connectivity index (χ3v) is 2.11. The van der Waals surface area contributed by atoms with Gasteiger partial charge in [0, 0.05) is 6.08 Å². The van der Waals surface area contributed by atoms with Crippen molar-refractivity contribution >= 4 is 12.0 Å². The van der Waals surface area contributed by atoms with Crippen LogP contribution in [0.2, 0.25) is 0 Å². The predicted molar refractivity (Wildman–Crippen MR) is 71.0 cm³/mol. The Balaban J connectivity index is 2.45. The molecule has 1 amide bonds. The lowest BCUT2D eigenvalue weighted by Gasteiger charge is -2.05. The smallest absolute Gasteiger partial charge is 0.267 e. The van der Waals surface area contributed by atoms with E-state index in [2.05, 4.69) is 5.48 Å². The quantitative estimate of drug-likeness (QED) is 0.622. The van der Waals surface area contributed by atoms with Crippen molar-refractivity contribution in [3.05, 3.63) is 35.9 Å². The molecule has 1 rings (SSSR count). The normalized spacial score (nSPS) is 10.9. The molecule has 1 aromatic carbocycles. The zero-order valence-corrected chi connectivity index (χ0v) is 11.0. The largest absolute Gasteiger partial charge is 0.497 e. The van der Waals surface area contributed by atoms with E-state index in [1.807, 2.05) is 38.1 Å². The highest BCUT2D eigenvalue weighted by Gasteiger charge is 1.98. The van der Waals surface area contributed by atoms with Crippen molar-refractivity contribution in [2.75, 3.05) is 13.7 Å². The lowest BCUT2D eigenvalue weighted by molar-refractivity contribution is -0.129. The molecular formula is C14H19NO3. The Bertz CT molecular complexity index is 413. The summed E-state index contributed by atoms with van der Waals surface area (Å²) < 4.78 is 5.09. The Morgan fingerprint density at radius 3 is 2.89 bits per heavy atom. The summed E-state index contributed by atoms with van der Waals surface area (Å²) in [5.74, 6) is 0.861. The number of rotatable bonds is 6. The van der Waals surface area contributed by atoms with Crippen LogP contribution in [0.4, 0.5) is 0 Å². The van der Waals surface area contributed by atoms with Crippen LogP contribution < -0.4 is 10.2 Å². The molecule has 1 aromatic rings. The van der Waals surface area contributed by atoms with Gasteiger partial charge in [0.1, 0.15) is 5.75 Å². The highest BCUT2D eigenvalue weighted by Crippen LogP contribution is 2.13. The molecule has 4 nitrogen and oxygen atoms in total. The number of amides is 1. The second-order valence-corrected chi connectivity index (χ2v) is 4.28. The van der Waals surface area contributed by atoms with Gasteiger partial charge in [-0.15, -0.1) is 0 Å². The molecule has 0 heterocycles. The maximum Gasteiger partial charge on any atom is 0.267 e. The molecule has 0 unspecified atom stereocenters. The van der Waals surface area contributed by atoms with E-state index in [0.717, 1.165) is 11.3 Å². The van der Waals surface area contributed by atoms with Crippen molar-refractivity contribution in [3.63, 3.8) is 0 Å². The number of methoxy groups -OCH3 is 1. The lowest BCUT2D eigenvalue weighted by atomic mass is 10.2. The van der Waals surface area contributed by atoms with Gasteiger partial charge in [0.15, 0.2) is 0 Å². The first-order chi connectivity index (χ1) is 8.61. The van der Waals surface area contributed by atoms with Crippen molar-refractivity contribution in [1.82, 2.24) is 5.48 Å². The minimum atomic E-state index is -0.279. The Hall–Kier alpha value is -1.81. The van der Waals surface area contributed by atoms with Gasteiger partial charge in [0.05, 0.1) is 13.7 Å². The summed E-state index contributed by atoms with van der Waals surface area (Å²) in [5.41, 5.74) is 3.25. The third-order valence-electron chi connectivity index (χ3n) is 2.11. The first-order valence-electron chi connectivity index (χ1n) is 5.85. The maximum atomic E-state index is 11.4. The van der Waals surface area contributed by atoms with E-state index >= 15 is 0 Å². The van der Waals surface area contributed by atoms with E-state index in [0.29, 0.717) is 12.5 Å². The molecule has 0 bridgehead atoms. The van der Waals surface area contributed by atoms with Crippen LogP contribution in [-0.4, -0.2) is 19.6 Å². The number of benzene rings is 1. The Labute approximate surface area is 108 Å². The average Bonchev–Trinajstić information content (AvgIpc) is 2.36. The van der Waals surface area contributed by atoms with Crippen molar-refractivity contribution in [2.24, 2.45) is 5.92 Å². The molecule has 0 aliphatic rings. The lowest BCUT2D eigenvalue weighted by Crippen LogP contribution is -2.23. The SMILES string of the molecule is COc1cccc(/C=C/C(=O)NOCC(C)C)c1. The number of hydrogen-bond acceptors (Lipinski definition) is 3. The van der Waals surface area contributed by atoms with Crippen LogP contribution in [0.15, 0.2) is 30.3 Å². The number of carbonyl (C=O) groups excluding carboxylic acids is 1. The fraction of sp³-hybridized carbons (Fsp3) is 0.357. The fourth-order valence-corrected chi connectivity index (χ4v) is 1.23. The molecule has 0 saturated heterocycles. The Kier molecular flexibility index (Phi) is 5.94. The van der Waals surface area contributed by atoms with Crippen LogP contribution in [0, 0.1) is 5.92 Å². The van der Waals surface area contributed by atoms with E-state index in [-0.39, 0.29) is 5.91 Å². The summed E-state index contributed by atoms with van der Waals surface area (Å²) in [7, 11) is 1.61. The number of hydroxylamine groups is 1. The molecule has 18 heavy (non-hydrogen) atoms. The minimum absolute atomic E-state index is 0.279. The Morgan fingerprint density at radius 1 is 1.44 bits per heavy atom. The molecule has 0 aliphatic heterocycles. The van der Waals surface area contributed by atoms with E-state index in [9.17, 15) is 4.79 Å².